The normalized spacial score (nSPS) is 11.4. The number of rotatable bonds is 8. The van der Waals surface area contributed by atoms with Gasteiger partial charge in [-0.1, -0.05) is 41.7 Å². The van der Waals surface area contributed by atoms with Crippen LogP contribution in [0.3, 0.4) is 0 Å². The van der Waals surface area contributed by atoms with Crippen LogP contribution in [0.1, 0.15) is 5.56 Å². The van der Waals surface area contributed by atoms with Gasteiger partial charge in [0.15, 0.2) is 0 Å². The molecule has 0 aliphatic heterocycles. The summed E-state index contributed by atoms with van der Waals surface area (Å²) in [6.45, 7) is -0.00898. The van der Waals surface area contributed by atoms with Crippen molar-refractivity contribution in [1.82, 2.24) is 4.57 Å². The molecule has 1 aromatic heterocycles. The zero-order chi connectivity index (χ0) is 24.3. The van der Waals surface area contributed by atoms with Crippen molar-refractivity contribution in [2.45, 2.75) is 6.61 Å². The molecule has 4 aromatic rings. The molecule has 0 radical (unpaired) electrons. The van der Waals surface area contributed by atoms with Gasteiger partial charge in [0.25, 0.3) is 0 Å². The van der Waals surface area contributed by atoms with E-state index in [-0.39, 0.29) is 4.87 Å². The Hall–Kier alpha value is -3.63. The van der Waals surface area contributed by atoms with Crippen LogP contribution in [0.5, 0.6) is 5.75 Å². The molecule has 8 nitrogen and oxygen atoms in total. The third kappa shape index (κ3) is 5.46. The Morgan fingerprint density at radius 2 is 1.76 bits per heavy atom. The van der Waals surface area contributed by atoms with Crippen molar-refractivity contribution in [3.8, 4) is 5.75 Å². The highest BCUT2D eigenvalue weighted by molar-refractivity contribution is 7.92. The van der Waals surface area contributed by atoms with Crippen LogP contribution in [-0.4, -0.2) is 31.7 Å². The summed E-state index contributed by atoms with van der Waals surface area (Å²) >= 11 is 1.08. The maximum Gasteiger partial charge on any atom is 0.307 e. The Bertz CT molecular complexity index is 1480. The van der Waals surface area contributed by atoms with E-state index in [1.54, 1.807) is 49.5 Å². The molecule has 0 spiro atoms. The summed E-state index contributed by atoms with van der Waals surface area (Å²) < 4.78 is 33.9. The number of hydrogen-bond acceptors (Lipinski definition) is 6. The van der Waals surface area contributed by atoms with E-state index < -0.39 is 22.5 Å². The molecule has 0 bridgehead atoms. The summed E-state index contributed by atoms with van der Waals surface area (Å²) in [6, 6.07) is 21.3. The van der Waals surface area contributed by atoms with Gasteiger partial charge in [-0.2, -0.15) is 0 Å². The number of fused-ring (bicyclic) bond motifs is 1. The van der Waals surface area contributed by atoms with Crippen LogP contribution in [0.4, 0.5) is 11.4 Å². The van der Waals surface area contributed by atoms with Gasteiger partial charge in [-0.05, 0) is 48.0 Å². The monoisotopic (exact) mass is 497 g/mol. The first-order valence-electron chi connectivity index (χ1n) is 10.3. The van der Waals surface area contributed by atoms with Gasteiger partial charge in [0.05, 0.1) is 22.2 Å². The fourth-order valence-electron chi connectivity index (χ4n) is 3.39. The summed E-state index contributed by atoms with van der Waals surface area (Å²) in [5.74, 6) is 0.0816. The Kier molecular flexibility index (Phi) is 6.71. The number of aryl methyl sites for hydroxylation is 1. The molecule has 34 heavy (non-hydrogen) atoms. The lowest BCUT2D eigenvalue weighted by Gasteiger charge is -2.22. The fraction of sp³-hybridized carbons (Fsp3) is 0.167. The highest BCUT2D eigenvalue weighted by atomic mass is 32.2. The Morgan fingerprint density at radius 1 is 1.06 bits per heavy atom. The minimum absolute atomic E-state index is 0.0991. The highest BCUT2D eigenvalue weighted by Gasteiger charge is 2.21. The largest absolute Gasteiger partial charge is 0.489 e. The molecular weight excluding hydrogens is 474 g/mol. The second kappa shape index (κ2) is 9.70. The van der Waals surface area contributed by atoms with E-state index in [4.69, 9.17) is 4.74 Å². The van der Waals surface area contributed by atoms with Crippen LogP contribution in [0.15, 0.2) is 77.6 Å². The zero-order valence-electron chi connectivity index (χ0n) is 18.6. The number of ether oxygens (including phenoxy) is 1. The quantitative estimate of drug-likeness (QED) is 0.401. The number of carbonyl (C=O) groups is 1. The molecule has 1 N–H and O–H groups in total. The van der Waals surface area contributed by atoms with Crippen LogP contribution in [0.25, 0.3) is 10.2 Å². The molecule has 0 saturated carbocycles. The molecule has 0 aliphatic carbocycles. The molecule has 0 saturated heterocycles. The molecule has 10 heteroatoms. The molecule has 1 heterocycles. The lowest BCUT2D eigenvalue weighted by Crippen LogP contribution is -2.37. The van der Waals surface area contributed by atoms with Crippen LogP contribution in [0.2, 0.25) is 0 Å². The third-order valence-electron chi connectivity index (χ3n) is 5.14. The van der Waals surface area contributed by atoms with Gasteiger partial charge >= 0.3 is 4.87 Å². The Balaban J connectivity index is 1.45. The van der Waals surface area contributed by atoms with E-state index in [1.165, 1.54) is 4.57 Å². The smallest absolute Gasteiger partial charge is 0.307 e. The van der Waals surface area contributed by atoms with Crippen molar-refractivity contribution in [3.63, 3.8) is 0 Å². The number of nitrogens with zero attached hydrogens (tertiary/aromatic N) is 2. The molecule has 3 aromatic carbocycles. The molecule has 0 unspecified atom stereocenters. The summed E-state index contributed by atoms with van der Waals surface area (Å²) in [4.78, 5) is 24.4. The highest BCUT2D eigenvalue weighted by Crippen LogP contribution is 2.24. The average molecular weight is 498 g/mol. The SMILES string of the molecule is Cn1c(=O)sc2cc(NC(=O)CN(c3ccc(OCc4ccccc4)cc3)S(C)(=O)=O)ccc21. The van der Waals surface area contributed by atoms with Crippen molar-refractivity contribution < 1.29 is 17.9 Å². The third-order valence-corrected chi connectivity index (χ3v) is 7.27. The molecule has 0 fully saturated rings. The maximum absolute atomic E-state index is 12.7. The predicted octanol–water partition coefficient (Wildman–Crippen LogP) is 3.58. The Morgan fingerprint density at radius 3 is 2.44 bits per heavy atom. The fourth-order valence-corrected chi connectivity index (χ4v) is 5.17. The lowest BCUT2D eigenvalue weighted by atomic mass is 10.2. The number of benzene rings is 3. The van der Waals surface area contributed by atoms with Crippen LogP contribution < -0.4 is 19.2 Å². The second-order valence-electron chi connectivity index (χ2n) is 7.70. The van der Waals surface area contributed by atoms with Crippen LogP contribution in [-0.2, 0) is 28.5 Å². The van der Waals surface area contributed by atoms with Crippen molar-refractivity contribution in [2.75, 3.05) is 22.4 Å². The number of carbonyl (C=O) groups excluding carboxylic acids is 1. The summed E-state index contributed by atoms with van der Waals surface area (Å²) in [5.41, 5.74) is 2.61. The van der Waals surface area contributed by atoms with Gasteiger partial charge in [0, 0.05) is 12.7 Å². The van der Waals surface area contributed by atoms with E-state index in [0.717, 1.165) is 37.7 Å². The minimum Gasteiger partial charge on any atom is -0.489 e. The molecular formula is C24H23N3O5S2. The first kappa shape index (κ1) is 23.5. The van der Waals surface area contributed by atoms with Crippen LogP contribution in [0, 0.1) is 0 Å². The maximum atomic E-state index is 12.7. The van der Waals surface area contributed by atoms with E-state index >= 15 is 0 Å². The number of sulfonamides is 1. The molecule has 1 amide bonds. The molecule has 0 atom stereocenters. The summed E-state index contributed by atoms with van der Waals surface area (Å²) in [6.07, 6.45) is 1.05. The van der Waals surface area contributed by atoms with E-state index in [9.17, 15) is 18.0 Å². The second-order valence-corrected chi connectivity index (χ2v) is 10.6. The lowest BCUT2D eigenvalue weighted by molar-refractivity contribution is -0.114. The number of hydrogen-bond donors (Lipinski definition) is 1. The van der Waals surface area contributed by atoms with Crippen molar-refractivity contribution in [2.24, 2.45) is 7.05 Å². The first-order chi connectivity index (χ1) is 16.2. The van der Waals surface area contributed by atoms with Crippen molar-refractivity contribution >= 4 is 48.9 Å². The van der Waals surface area contributed by atoms with Gasteiger partial charge in [-0.25, -0.2) is 8.42 Å². The van der Waals surface area contributed by atoms with E-state index in [2.05, 4.69) is 5.32 Å². The van der Waals surface area contributed by atoms with Gasteiger partial charge in [0.2, 0.25) is 15.9 Å². The summed E-state index contributed by atoms with van der Waals surface area (Å²) in [7, 11) is -2.04. The van der Waals surface area contributed by atoms with Gasteiger partial charge in [0.1, 0.15) is 18.9 Å². The minimum atomic E-state index is -3.72. The molecule has 4 rings (SSSR count). The number of anilines is 2. The number of thiazole rings is 1. The first-order valence-corrected chi connectivity index (χ1v) is 13.0. The standard InChI is InChI=1S/C24H23N3O5S2/c1-26-21-13-8-18(14-22(21)33-24(26)29)25-23(28)15-27(34(2,30)31)19-9-11-20(12-10-19)32-16-17-6-4-3-5-7-17/h3-14H,15-16H2,1-2H3,(H,25,28). The van der Waals surface area contributed by atoms with Gasteiger partial charge in [-0.15, -0.1) is 0 Å². The zero-order valence-corrected chi connectivity index (χ0v) is 20.2. The molecule has 176 valence electrons. The van der Waals surface area contributed by atoms with Crippen molar-refractivity contribution in [3.05, 3.63) is 88.0 Å². The predicted molar refractivity (Wildman–Crippen MR) is 135 cm³/mol. The average Bonchev–Trinajstić information content (AvgIpc) is 3.09. The van der Waals surface area contributed by atoms with Gasteiger partial charge in [-0.3, -0.25) is 13.9 Å². The van der Waals surface area contributed by atoms with E-state index in [0.29, 0.717) is 23.7 Å². The van der Waals surface area contributed by atoms with Gasteiger partial charge < -0.3 is 14.6 Å². The Labute approximate surface area is 201 Å². The number of nitrogens with one attached hydrogen (secondary N) is 1. The van der Waals surface area contributed by atoms with Crippen LogP contribution >= 0.6 is 11.3 Å². The summed E-state index contributed by atoms with van der Waals surface area (Å²) in [5, 5.41) is 2.71. The topological polar surface area (TPSA) is 97.7 Å². The molecule has 0 aliphatic rings. The van der Waals surface area contributed by atoms with E-state index in [1.807, 2.05) is 30.3 Å². The number of aromatic nitrogens is 1. The van der Waals surface area contributed by atoms with Crippen molar-refractivity contribution in [1.29, 1.82) is 0 Å². The number of amides is 1.